The van der Waals surface area contributed by atoms with E-state index in [9.17, 15) is 4.79 Å². The maximum atomic E-state index is 10.9. The van der Waals surface area contributed by atoms with Crippen molar-refractivity contribution >= 4 is 6.29 Å². The number of pyridine rings is 1. The van der Waals surface area contributed by atoms with Crippen molar-refractivity contribution < 1.29 is 9.53 Å². The smallest absolute Gasteiger partial charge is 0.172 e. The van der Waals surface area contributed by atoms with Crippen LogP contribution in [0.2, 0.25) is 0 Å². The van der Waals surface area contributed by atoms with Crippen molar-refractivity contribution in [3.63, 3.8) is 0 Å². The molecule has 1 aromatic carbocycles. The number of rotatable bonds is 4. The van der Waals surface area contributed by atoms with Crippen molar-refractivity contribution in [2.24, 2.45) is 0 Å². The third kappa shape index (κ3) is 2.94. The number of hydrogen-bond donors (Lipinski definition) is 0. The van der Waals surface area contributed by atoms with Crippen LogP contribution >= 0.6 is 0 Å². The molecule has 0 aliphatic heterocycles. The summed E-state index contributed by atoms with van der Waals surface area (Å²) in [5.41, 5.74) is 3.43. The lowest BCUT2D eigenvalue weighted by Gasteiger charge is -2.08. The number of ether oxygens (including phenoxy) is 1. The second-order valence-corrected chi connectivity index (χ2v) is 4.23. The van der Waals surface area contributed by atoms with Crippen LogP contribution in [0.1, 0.15) is 27.3 Å². The zero-order valence-corrected chi connectivity index (χ0v) is 10.5. The van der Waals surface area contributed by atoms with E-state index in [1.165, 1.54) is 5.56 Å². The van der Waals surface area contributed by atoms with Crippen molar-refractivity contribution in [3.05, 3.63) is 58.9 Å². The van der Waals surface area contributed by atoms with Crippen LogP contribution in [0.5, 0.6) is 5.75 Å². The number of hydrogen-bond acceptors (Lipinski definition) is 3. The van der Waals surface area contributed by atoms with Gasteiger partial charge >= 0.3 is 0 Å². The summed E-state index contributed by atoms with van der Waals surface area (Å²) in [5, 5.41) is 0. The normalized spacial score (nSPS) is 10.1. The van der Waals surface area contributed by atoms with Crippen molar-refractivity contribution in [2.45, 2.75) is 20.5 Å². The first-order valence-electron chi connectivity index (χ1n) is 5.80. The Morgan fingerprint density at radius 1 is 1.11 bits per heavy atom. The average Bonchev–Trinajstić information content (AvgIpc) is 2.39. The minimum absolute atomic E-state index is 0.349. The zero-order valence-electron chi connectivity index (χ0n) is 10.5. The van der Waals surface area contributed by atoms with E-state index in [0.29, 0.717) is 18.1 Å². The molecular formula is C15H15NO2. The van der Waals surface area contributed by atoms with E-state index in [1.807, 2.05) is 44.2 Å². The number of aryl methyl sites for hydroxylation is 2. The number of aromatic nitrogens is 1. The van der Waals surface area contributed by atoms with Gasteiger partial charge in [0.2, 0.25) is 0 Å². The first-order chi connectivity index (χ1) is 8.69. The lowest BCUT2D eigenvalue weighted by molar-refractivity contribution is 0.111. The third-order valence-corrected chi connectivity index (χ3v) is 2.65. The Labute approximate surface area is 106 Å². The molecule has 0 amide bonds. The molecule has 92 valence electrons. The van der Waals surface area contributed by atoms with Crippen LogP contribution in [0.3, 0.4) is 0 Å². The van der Waals surface area contributed by atoms with Crippen LogP contribution in [0, 0.1) is 13.8 Å². The quantitative estimate of drug-likeness (QED) is 0.772. The topological polar surface area (TPSA) is 39.2 Å². The Balaban J connectivity index is 2.10. The van der Waals surface area contributed by atoms with Gasteiger partial charge < -0.3 is 4.74 Å². The minimum Gasteiger partial charge on any atom is -0.487 e. The number of benzene rings is 1. The van der Waals surface area contributed by atoms with Crippen molar-refractivity contribution in [2.75, 3.05) is 0 Å². The van der Waals surface area contributed by atoms with Gasteiger partial charge in [-0.1, -0.05) is 29.8 Å². The Morgan fingerprint density at radius 2 is 1.83 bits per heavy atom. The summed E-state index contributed by atoms with van der Waals surface area (Å²) in [6, 6.07) is 11.7. The van der Waals surface area contributed by atoms with Gasteiger partial charge in [-0.3, -0.25) is 4.79 Å². The molecule has 0 fully saturated rings. The largest absolute Gasteiger partial charge is 0.487 e. The molecule has 0 saturated heterocycles. The van der Waals surface area contributed by atoms with Gasteiger partial charge in [0.25, 0.3) is 0 Å². The van der Waals surface area contributed by atoms with E-state index in [1.54, 1.807) is 6.07 Å². The number of carbonyl (C=O) groups is 1. The van der Waals surface area contributed by atoms with Crippen LogP contribution in [-0.4, -0.2) is 11.3 Å². The molecule has 0 unspecified atom stereocenters. The van der Waals surface area contributed by atoms with Crippen molar-refractivity contribution in [1.82, 2.24) is 4.98 Å². The highest BCUT2D eigenvalue weighted by atomic mass is 16.5. The van der Waals surface area contributed by atoms with E-state index in [0.717, 1.165) is 17.5 Å². The Hall–Kier alpha value is -2.16. The summed E-state index contributed by atoms with van der Waals surface area (Å²) in [4.78, 5) is 15.0. The molecule has 0 spiro atoms. The van der Waals surface area contributed by atoms with Crippen molar-refractivity contribution in [3.8, 4) is 5.75 Å². The van der Waals surface area contributed by atoms with E-state index in [4.69, 9.17) is 4.74 Å². The van der Waals surface area contributed by atoms with Gasteiger partial charge in [0.1, 0.15) is 18.1 Å². The Kier molecular flexibility index (Phi) is 3.72. The molecule has 0 bridgehead atoms. The molecule has 1 heterocycles. The molecule has 1 aromatic heterocycles. The maximum Gasteiger partial charge on any atom is 0.172 e. The van der Waals surface area contributed by atoms with Crippen LogP contribution in [-0.2, 0) is 6.61 Å². The fourth-order valence-electron chi connectivity index (χ4n) is 1.62. The molecule has 3 heteroatoms. The van der Waals surface area contributed by atoms with Gasteiger partial charge in [-0.2, -0.15) is 0 Å². The van der Waals surface area contributed by atoms with Gasteiger partial charge in [-0.25, -0.2) is 4.98 Å². The number of aldehydes is 1. The van der Waals surface area contributed by atoms with Crippen LogP contribution in [0.15, 0.2) is 36.4 Å². The van der Waals surface area contributed by atoms with Crippen LogP contribution in [0.25, 0.3) is 0 Å². The first kappa shape index (κ1) is 12.3. The second kappa shape index (κ2) is 5.45. The van der Waals surface area contributed by atoms with E-state index >= 15 is 0 Å². The molecule has 3 nitrogen and oxygen atoms in total. The maximum absolute atomic E-state index is 10.9. The molecule has 18 heavy (non-hydrogen) atoms. The number of carbonyl (C=O) groups excluding carboxylic acids is 1. The van der Waals surface area contributed by atoms with Crippen molar-refractivity contribution in [1.29, 1.82) is 0 Å². The van der Waals surface area contributed by atoms with E-state index in [-0.39, 0.29) is 0 Å². The molecule has 2 aromatic rings. The standard InChI is InChI=1S/C15H15NO2/c1-11-3-6-13(7-4-11)10-18-15-8-5-12(2)16-14(15)9-17/h3-9H,10H2,1-2H3. The van der Waals surface area contributed by atoms with Crippen LogP contribution in [0.4, 0.5) is 0 Å². The highest BCUT2D eigenvalue weighted by Crippen LogP contribution is 2.17. The lowest BCUT2D eigenvalue weighted by atomic mass is 10.2. The molecule has 2 rings (SSSR count). The fraction of sp³-hybridized carbons (Fsp3) is 0.200. The summed E-state index contributed by atoms with van der Waals surface area (Å²) in [6.07, 6.45) is 0.720. The SMILES string of the molecule is Cc1ccc(COc2ccc(C)nc2C=O)cc1. The average molecular weight is 241 g/mol. The van der Waals surface area contributed by atoms with Gasteiger partial charge in [0.15, 0.2) is 6.29 Å². The fourth-order valence-corrected chi connectivity index (χ4v) is 1.62. The summed E-state index contributed by atoms with van der Waals surface area (Å²) in [5.74, 6) is 0.524. The molecule has 0 atom stereocenters. The molecule has 0 aliphatic carbocycles. The molecule has 0 N–H and O–H groups in total. The summed E-state index contributed by atoms with van der Waals surface area (Å²) >= 11 is 0. The predicted octanol–water partition coefficient (Wildman–Crippen LogP) is 3.09. The minimum atomic E-state index is 0.349. The zero-order chi connectivity index (χ0) is 13.0. The molecule has 0 radical (unpaired) electrons. The lowest BCUT2D eigenvalue weighted by Crippen LogP contribution is -2.00. The van der Waals surface area contributed by atoms with Gasteiger partial charge in [-0.15, -0.1) is 0 Å². The number of nitrogens with zero attached hydrogens (tertiary/aromatic N) is 1. The van der Waals surface area contributed by atoms with Crippen LogP contribution < -0.4 is 4.74 Å². The van der Waals surface area contributed by atoms with E-state index in [2.05, 4.69) is 4.98 Å². The highest BCUT2D eigenvalue weighted by Gasteiger charge is 2.05. The molecule has 0 aliphatic rings. The summed E-state index contributed by atoms with van der Waals surface area (Å²) < 4.78 is 5.62. The van der Waals surface area contributed by atoms with Gasteiger partial charge in [0.05, 0.1) is 0 Å². The monoisotopic (exact) mass is 241 g/mol. The molecular weight excluding hydrogens is 226 g/mol. The third-order valence-electron chi connectivity index (χ3n) is 2.65. The first-order valence-corrected chi connectivity index (χ1v) is 5.80. The summed E-state index contributed by atoms with van der Waals surface area (Å²) in [6.45, 7) is 4.32. The molecule has 0 saturated carbocycles. The van der Waals surface area contributed by atoms with Gasteiger partial charge in [-0.05, 0) is 31.5 Å². The Morgan fingerprint density at radius 3 is 2.50 bits per heavy atom. The Bertz CT molecular complexity index is 547. The van der Waals surface area contributed by atoms with Gasteiger partial charge in [0, 0.05) is 5.69 Å². The van der Waals surface area contributed by atoms with E-state index < -0.39 is 0 Å². The predicted molar refractivity (Wildman–Crippen MR) is 69.9 cm³/mol. The second-order valence-electron chi connectivity index (χ2n) is 4.23. The highest BCUT2D eigenvalue weighted by molar-refractivity contribution is 5.76. The summed E-state index contributed by atoms with van der Waals surface area (Å²) in [7, 11) is 0.